The van der Waals surface area contributed by atoms with E-state index in [9.17, 15) is 4.79 Å². The van der Waals surface area contributed by atoms with Gasteiger partial charge in [-0.1, -0.05) is 19.1 Å². The maximum absolute atomic E-state index is 11.7. The molecule has 100 valence electrons. The zero-order valence-electron chi connectivity index (χ0n) is 11.1. The van der Waals surface area contributed by atoms with Crippen molar-refractivity contribution in [1.29, 1.82) is 0 Å². The molecule has 0 radical (unpaired) electrons. The lowest BCUT2D eigenvalue weighted by Crippen LogP contribution is -2.20. The van der Waals surface area contributed by atoms with Crippen molar-refractivity contribution < 1.29 is 9.53 Å². The second-order valence-electron chi connectivity index (χ2n) is 4.98. The molecule has 19 heavy (non-hydrogen) atoms. The molecule has 1 aromatic carbocycles. The van der Waals surface area contributed by atoms with E-state index in [2.05, 4.69) is 15.6 Å². The molecule has 1 aromatic heterocycles. The summed E-state index contributed by atoms with van der Waals surface area (Å²) in [5.41, 5.74) is 2.12. The first-order valence-electron chi connectivity index (χ1n) is 6.94. The van der Waals surface area contributed by atoms with Gasteiger partial charge in [-0.05, 0) is 31.4 Å². The molecule has 2 aromatic rings. The second kappa shape index (κ2) is 5.03. The van der Waals surface area contributed by atoms with Crippen LogP contribution in [0, 0.1) is 0 Å². The number of imidazole rings is 1. The molecule has 0 amide bonds. The second-order valence-corrected chi connectivity index (χ2v) is 4.98. The fourth-order valence-electron chi connectivity index (χ4n) is 2.67. The lowest BCUT2D eigenvalue weighted by Gasteiger charge is -2.23. The molecule has 4 heteroatoms. The molecular weight excluding hydrogens is 240 g/mol. The van der Waals surface area contributed by atoms with Gasteiger partial charge in [0.15, 0.2) is 11.9 Å². The molecule has 4 nitrogen and oxygen atoms in total. The Morgan fingerprint density at radius 1 is 1.47 bits per heavy atom. The number of hydrogen-bond acceptors (Lipinski definition) is 3. The number of aromatic nitrogens is 2. The molecule has 0 fully saturated rings. The highest BCUT2D eigenvalue weighted by atomic mass is 16.5. The van der Waals surface area contributed by atoms with Crippen LogP contribution < -0.4 is 0 Å². The van der Waals surface area contributed by atoms with Crippen LogP contribution in [0.1, 0.15) is 44.5 Å². The molecule has 1 aliphatic rings. The van der Waals surface area contributed by atoms with Gasteiger partial charge in [-0.3, -0.25) is 4.79 Å². The van der Waals surface area contributed by atoms with E-state index in [0.717, 1.165) is 42.7 Å². The Morgan fingerprint density at radius 2 is 2.32 bits per heavy atom. The molecule has 1 aliphatic heterocycles. The molecule has 2 heterocycles. The summed E-state index contributed by atoms with van der Waals surface area (Å²) in [4.78, 5) is 16.3. The van der Waals surface area contributed by atoms with Gasteiger partial charge in [-0.2, -0.15) is 0 Å². The fraction of sp³-hybridized carbons (Fsp3) is 0.467. The summed E-state index contributed by atoms with van der Waals surface area (Å²) in [5, 5.41) is 0. The van der Waals surface area contributed by atoms with Gasteiger partial charge < -0.3 is 9.30 Å². The first kappa shape index (κ1) is 12.2. The van der Waals surface area contributed by atoms with Gasteiger partial charge in [0, 0.05) is 13.0 Å². The van der Waals surface area contributed by atoms with Crippen LogP contribution in [0.4, 0.5) is 0 Å². The highest BCUT2D eigenvalue weighted by Crippen LogP contribution is 2.31. The lowest BCUT2D eigenvalue weighted by atomic mass is 10.1. The summed E-state index contributed by atoms with van der Waals surface area (Å²) in [6.45, 7) is 2.94. The third-order valence-electron chi connectivity index (χ3n) is 3.55. The highest BCUT2D eigenvalue weighted by Gasteiger charge is 2.26. The Bertz CT molecular complexity index is 603. The maximum atomic E-state index is 11.7. The normalized spacial score (nSPS) is 18.3. The summed E-state index contributed by atoms with van der Waals surface area (Å²) in [7, 11) is 0. The molecule has 0 unspecified atom stereocenters. The number of para-hydroxylation sites is 2. The third kappa shape index (κ3) is 2.23. The smallest absolute Gasteiger partial charge is 0.306 e. The van der Waals surface area contributed by atoms with Crippen molar-refractivity contribution in [3.8, 4) is 0 Å². The van der Waals surface area contributed by atoms with Gasteiger partial charge in [0.25, 0.3) is 0 Å². The third-order valence-corrected chi connectivity index (χ3v) is 3.55. The maximum Gasteiger partial charge on any atom is 0.306 e. The first-order chi connectivity index (χ1) is 9.29. The Hall–Kier alpha value is -1.84. The van der Waals surface area contributed by atoms with Crippen molar-refractivity contribution in [2.75, 3.05) is 0 Å². The quantitative estimate of drug-likeness (QED) is 0.794. The van der Waals surface area contributed by atoms with Gasteiger partial charge in [0.1, 0.15) is 0 Å². The van der Waals surface area contributed by atoms with Crippen molar-refractivity contribution in [3.63, 3.8) is 0 Å². The van der Waals surface area contributed by atoms with Crippen LogP contribution in [-0.2, 0) is 16.1 Å². The predicted molar refractivity (Wildman–Crippen MR) is 72.7 cm³/mol. The van der Waals surface area contributed by atoms with Gasteiger partial charge >= 0.3 is 5.97 Å². The SMILES string of the molecule is CCCC(=O)O[C@@H]1CCCn2c1nc1ccccc12. The fourth-order valence-corrected chi connectivity index (χ4v) is 2.67. The summed E-state index contributed by atoms with van der Waals surface area (Å²) in [6.07, 6.45) is 3.02. The number of benzene rings is 1. The summed E-state index contributed by atoms with van der Waals surface area (Å²) < 4.78 is 7.75. The van der Waals surface area contributed by atoms with E-state index in [0.29, 0.717) is 6.42 Å². The molecule has 0 bridgehead atoms. The minimum Gasteiger partial charge on any atom is -0.454 e. The van der Waals surface area contributed by atoms with Gasteiger partial charge in [0.05, 0.1) is 11.0 Å². The van der Waals surface area contributed by atoms with Crippen molar-refractivity contribution in [3.05, 3.63) is 30.1 Å². The molecule has 0 aliphatic carbocycles. The average molecular weight is 258 g/mol. The Balaban J connectivity index is 1.93. The van der Waals surface area contributed by atoms with Gasteiger partial charge in [0.2, 0.25) is 0 Å². The van der Waals surface area contributed by atoms with E-state index >= 15 is 0 Å². The van der Waals surface area contributed by atoms with E-state index in [4.69, 9.17) is 4.74 Å². The van der Waals surface area contributed by atoms with E-state index in [-0.39, 0.29) is 12.1 Å². The van der Waals surface area contributed by atoms with Crippen molar-refractivity contribution in [2.24, 2.45) is 0 Å². The van der Waals surface area contributed by atoms with E-state index in [1.165, 1.54) is 0 Å². The van der Waals surface area contributed by atoms with Crippen LogP contribution in [-0.4, -0.2) is 15.5 Å². The topological polar surface area (TPSA) is 44.1 Å². The number of ether oxygens (including phenoxy) is 1. The van der Waals surface area contributed by atoms with Crippen LogP contribution in [0.15, 0.2) is 24.3 Å². The van der Waals surface area contributed by atoms with E-state index in [1.54, 1.807) is 0 Å². The number of nitrogens with zero attached hydrogens (tertiary/aromatic N) is 2. The summed E-state index contributed by atoms with van der Waals surface area (Å²) >= 11 is 0. The van der Waals surface area contributed by atoms with E-state index < -0.39 is 0 Å². The minimum absolute atomic E-state index is 0.118. The van der Waals surface area contributed by atoms with Crippen molar-refractivity contribution in [2.45, 2.75) is 45.3 Å². The minimum atomic E-state index is -0.180. The zero-order valence-corrected chi connectivity index (χ0v) is 11.1. The standard InChI is InChI=1S/C15H18N2O2/c1-2-6-14(18)19-13-9-5-10-17-12-8-4-3-7-11(12)16-15(13)17/h3-4,7-8,13H,2,5-6,9-10H2,1H3/t13-/m1/s1. The predicted octanol–water partition coefficient (Wildman–Crippen LogP) is 3.21. The highest BCUT2D eigenvalue weighted by molar-refractivity contribution is 5.76. The van der Waals surface area contributed by atoms with Crippen LogP contribution >= 0.6 is 0 Å². The molecular formula is C15H18N2O2. The van der Waals surface area contributed by atoms with Crippen LogP contribution in [0.2, 0.25) is 0 Å². The van der Waals surface area contributed by atoms with Crippen molar-refractivity contribution >= 4 is 17.0 Å². The lowest BCUT2D eigenvalue weighted by molar-refractivity contribution is -0.151. The Morgan fingerprint density at radius 3 is 3.16 bits per heavy atom. The molecule has 0 saturated carbocycles. The summed E-state index contributed by atoms with van der Waals surface area (Å²) in [5.74, 6) is 0.782. The molecule has 3 rings (SSSR count). The van der Waals surface area contributed by atoms with E-state index in [1.807, 2.05) is 25.1 Å². The number of carbonyl (C=O) groups excluding carboxylic acids is 1. The monoisotopic (exact) mass is 258 g/mol. The number of esters is 1. The van der Waals surface area contributed by atoms with Gasteiger partial charge in [-0.15, -0.1) is 0 Å². The first-order valence-corrected chi connectivity index (χ1v) is 6.94. The van der Waals surface area contributed by atoms with Crippen LogP contribution in [0.3, 0.4) is 0 Å². The summed E-state index contributed by atoms with van der Waals surface area (Å²) in [6, 6.07) is 8.08. The largest absolute Gasteiger partial charge is 0.454 e. The van der Waals surface area contributed by atoms with Crippen LogP contribution in [0.25, 0.3) is 11.0 Å². The number of fused-ring (bicyclic) bond motifs is 3. The molecule has 0 spiro atoms. The molecule has 1 atom stereocenters. The van der Waals surface area contributed by atoms with Crippen LogP contribution in [0.5, 0.6) is 0 Å². The molecule has 0 saturated heterocycles. The van der Waals surface area contributed by atoms with Crippen molar-refractivity contribution in [1.82, 2.24) is 9.55 Å². The number of carbonyl (C=O) groups is 1. The van der Waals surface area contributed by atoms with Gasteiger partial charge in [-0.25, -0.2) is 4.98 Å². The number of hydrogen-bond donors (Lipinski definition) is 0. The Labute approximate surface area is 112 Å². The number of rotatable bonds is 3. The molecule has 0 N–H and O–H groups in total. The Kier molecular flexibility index (Phi) is 3.23. The number of aryl methyl sites for hydroxylation is 1. The average Bonchev–Trinajstić information content (AvgIpc) is 2.79. The zero-order chi connectivity index (χ0) is 13.2.